The van der Waals surface area contributed by atoms with E-state index < -0.39 is 0 Å². The number of nitrogens with zero attached hydrogens (tertiary/aromatic N) is 1. The van der Waals surface area contributed by atoms with Gasteiger partial charge in [-0.25, -0.2) is 4.98 Å². The van der Waals surface area contributed by atoms with E-state index in [0.29, 0.717) is 0 Å². The maximum atomic E-state index is 4.77. The number of hydrogen-bond acceptors (Lipinski definition) is 3. The van der Waals surface area contributed by atoms with Crippen molar-refractivity contribution in [3.63, 3.8) is 0 Å². The van der Waals surface area contributed by atoms with Crippen LogP contribution in [0.5, 0.6) is 0 Å². The van der Waals surface area contributed by atoms with Crippen LogP contribution in [0, 0.1) is 0 Å². The van der Waals surface area contributed by atoms with Crippen LogP contribution in [0.25, 0.3) is 11.3 Å². The molecule has 2 nitrogen and oxygen atoms in total. The molecule has 0 bridgehead atoms. The van der Waals surface area contributed by atoms with E-state index in [-0.39, 0.29) is 0 Å². The molecule has 1 aromatic heterocycles. The number of aromatic nitrogens is 1. The third kappa shape index (κ3) is 3.34. The van der Waals surface area contributed by atoms with Crippen molar-refractivity contribution < 1.29 is 0 Å². The molecule has 0 amide bonds. The third-order valence-corrected chi connectivity index (χ3v) is 4.80. The predicted octanol–water partition coefficient (Wildman–Crippen LogP) is 5.88. The lowest BCUT2D eigenvalue weighted by atomic mass is 10.1. The number of nitrogens with one attached hydrogen (secondary N) is 1. The van der Waals surface area contributed by atoms with Gasteiger partial charge in [-0.2, -0.15) is 0 Å². The number of para-hydroxylation sites is 1. The zero-order chi connectivity index (χ0) is 14.7. The van der Waals surface area contributed by atoms with Gasteiger partial charge in [0.1, 0.15) is 0 Å². The normalized spacial score (nSPS) is 10.6. The average molecular weight is 359 g/mol. The molecule has 0 saturated carbocycles. The van der Waals surface area contributed by atoms with Gasteiger partial charge in [0.25, 0.3) is 0 Å². The van der Waals surface area contributed by atoms with Crippen LogP contribution in [-0.2, 0) is 6.42 Å². The summed E-state index contributed by atoms with van der Waals surface area (Å²) in [5.74, 6) is 0. The molecule has 0 saturated heterocycles. The van der Waals surface area contributed by atoms with Crippen molar-refractivity contribution in [2.45, 2.75) is 13.3 Å². The summed E-state index contributed by atoms with van der Waals surface area (Å²) in [4.78, 5) is 6.07. The molecule has 0 unspecified atom stereocenters. The second-order valence-electron chi connectivity index (χ2n) is 4.64. The highest BCUT2D eigenvalue weighted by molar-refractivity contribution is 9.10. The molecular weight excluding hydrogens is 344 g/mol. The van der Waals surface area contributed by atoms with Crippen LogP contribution in [0.15, 0.2) is 59.1 Å². The first-order valence-electron chi connectivity index (χ1n) is 6.84. The van der Waals surface area contributed by atoms with Crippen molar-refractivity contribution >= 4 is 38.1 Å². The highest BCUT2D eigenvalue weighted by Gasteiger charge is 2.11. The lowest BCUT2D eigenvalue weighted by Crippen LogP contribution is -1.88. The van der Waals surface area contributed by atoms with Crippen molar-refractivity contribution in [3.05, 3.63) is 63.9 Å². The molecule has 2 aromatic carbocycles. The van der Waals surface area contributed by atoms with Gasteiger partial charge in [0.05, 0.1) is 5.69 Å². The Morgan fingerprint density at radius 1 is 1.05 bits per heavy atom. The smallest absolute Gasteiger partial charge is 0.187 e. The highest BCUT2D eigenvalue weighted by atomic mass is 79.9. The number of halogens is 1. The van der Waals surface area contributed by atoms with E-state index in [1.165, 1.54) is 4.88 Å². The lowest BCUT2D eigenvalue weighted by Gasteiger charge is -2.01. The fourth-order valence-corrected chi connectivity index (χ4v) is 3.33. The molecule has 0 atom stereocenters. The lowest BCUT2D eigenvalue weighted by molar-refractivity contribution is 1.17. The molecule has 1 N–H and O–H groups in total. The number of rotatable bonds is 4. The standard InChI is InChI=1S/C17H15BrN2S/c1-2-15-16(12-8-10-13(18)11-9-12)20-17(21-15)19-14-6-4-3-5-7-14/h3-11H,2H2,1H3,(H,19,20). The Morgan fingerprint density at radius 3 is 2.43 bits per heavy atom. The second kappa shape index (κ2) is 6.41. The minimum Gasteiger partial charge on any atom is -0.332 e. The van der Waals surface area contributed by atoms with Crippen LogP contribution in [-0.4, -0.2) is 4.98 Å². The molecule has 1 heterocycles. The molecule has 0 radical (unpaired) electrons. The van der Waals surface area contributed by atoms with E-state index in [1.807, 2.05) is 30.3 Å². The maximum absolute atomic E-state index is 4.77. The summed E-state index contributed by atoms with van der Waals surface area (Å²) >= 11 is 5.19. The van der Waals surface area contributed by atoms with Crippen LogP contribution in [0.4, 0.5) is 10.8 Å². The van der Waals surface area contributed by atoms with E-state index in [9.17, 15) is 0 Å². The molecule has 0 aliphatic heterocycles. The maximum Gasteiger partial charge on any atom is 0.187 e. The Bertz CT molecular complexity index is 720. The summed E-state index contributed by atoms with van der Waals surface area (Å²) in [5, 5.41) is 4.32. The molecule has 0 spiro atoms. The zero-order valence-electron chi connectivity index (χ0n) is 11.6. The van der Waals surface area contributed by atoms with Gasteiger partial charge in [-0.05, 0) is 30.7 Å². The summed E-state index contributed by atoms with van der Waals surface area (Å²) in [6.45, 7) is 2.17. The molecule has 21 heavy (non-hydrogen) atoms. The number of benzene rings is 2. The Kier molecular flexibility index (Phi) is 4.36. The fourth-order valence-electron chi connectivity index (χ4n) is 2.12. The molecule has 3 aromatic rings. The van der Waals surface area contributed by atoms with Gasteiger partial charge in [0.2, 0.25) is 0 Å². The van der Waals surface area contributed by atoms with E-state index in [0.717, 1.165) is 33.0 Å². The Hall–Kier alpha value is -1.65. The summed E-state index contributed by atoms with van der Waals surface area (Å²) in [6, 6.07) is 18.5. The van der Waals surface area contributed by atoms with Gasteiger partial charge in [-0.1, -0.05) is 53.2 Å². The topological polar surface area (TPSA) is 24.9 Å². The molecule has 3 rings (SSSR count). The number of anilines is 2. The van der Waals surface area contributed by atoms with Gasteiger partial charge in [0.15, 0.2) is 5.13 Å². The molecule has 0 aliphatic rings. The van der Waals surface area contributed by atoms with E-state index in [2.05, 4.69) is 52.4 Å². The molecule has 4 heteroatoms. The third-order valence-electron chi connectivity index (χ3n) is 3.16. The van der Waals surface area contributed by atoms with Crippen molar-refractivity contribution in [2.75, 3.05) is 5.32 Å². The average Bonchev–Trinajstić information content (AvgIpc) is 2.92. The van der Waals surface area contributed by atoms with Gasteiger partial charge >= 0.3 is 0 Å². The van der Waals surface area contributed by atoms with Crippen LogP contribution >= 0.6 is 27.3 Å². The highest BCUT2D eigenvalue weighted by Crippen LogP contribution is 2.33. The first-order chi connectivity index (χ1) is 10.3. The van der Waals surface area contributed by atoms with Crippen LogP contribution in [0.2, 0.25) is 0 Å². The molecular formula is C17H15BrN2S. The van der Waals surface area contributed by atoms with Gasteiger partial charge in [-0.15, -0.1) is 11.3 Å². The minimum atomic E-state index is 0.941. The van der Waals surface area contributed by atoms with Crippen LogP contribution in [0.3, 0.4) is 0 Å². The molecule has 0 fully saturated rings. The number of hydrogen-bond donors (Lipinski definition) is 1. The summed E-state index contributed by atoms with van der Waals surface area (Å²) in [6.07, 6.45) is 0.986. The van der Waals surface area contributed by atoms with Crippen molar-refractivity contribution in [1.29, 1.82) is 0 Å². The van der Waals surface area contributed by atoms with Crippen LogP contribution in [0.1, 0.15) is 11.8 Å². The number of thiazole rings is 1. The van der Waals surface area contributed by atoms with Crippen molar-refractivity contribution in [1.82, 2.24) is 4.98 Å². The fraction of sp³-hybridized carbons (Fsp3) is 0.118. The van der Waals surface area contributed by atoms with Crippen molar-refractivity contribution in [2.24, 2.45) is 0 Å². The van der Waals surface area contributed by atoms with Crippen LogP contribution < -0.4 is 5.32 Å². The molecule has 0 aliphatic carbocycles. The van der Waals surface area contributed by atoms with E-state index in [4.69, 9.17) is 4.98 Å². The Labute approximate surface area is 137 Å². The Morgan fingerprint density at radius 2 is 1.76 bits per heavy atom. The van der Waals surface area contributed by atoms with Crippen molar-refractivity contribution in [3.8, 4) is 11.3 Å². The Balaban J connectivity index is 1.93. The second-order valence-corrected chi connectivity index (χ2v) is 6.64. The van der Waals surface area contributed by atoms with Gasteiger partial charge < -0.3 is 5.32 Å². The molecule has 106 valence electrons. The minimum absolute atomic E-state index is 0.941. The first-order valence-corrected chi connectivity index (χ1v) is 8.45. The summed E-state index contributed by atoms with van der Waals surface area (Å²) < 4.78 is 1.09. The first kappa shape index (κ1) is 14.3. The van der Waals surface area contributed by atoms with E-state index in [1.54, 1.807) is 11.3 Å². The zero-order valence-corrected chi connectivity index (χ0v) is 14.0. The SMILES string of the molecule is CCc1sc(Nc2ccccc2)nc1-c1ccc(Br)cc1. The van der Waals surface area contributed by atoms with E-state index >= 15 is 0 Å². The largest absolute Gasteiger partial charge is 0.332 e. The van der Waals surface area contributed by atoms with Gasteiger partial charge in [0, 0.05) is 20.6 Å². The quantitative estimate of drug-likeness (QED) is 0.629. The number of aryl methyl sites for hydroxylation is 1. The summed E-state index contributed by atoms with van der Waals surface area (Å²) in [7, 11) is 0. The monoisotopic (exact) mass is 358 g/mol. The summed E-state index contributed by atoms with van der Waals surface area (Å²) in [5.41, 5.74) is 3.30. The predicted molar refractivity (Wildman–Crippen MR) is 94.4 cm³/mol. The van der Waals surface area contributed by atoms with Gasteiger partial charge in [-0.3, -0.25) is 0 Å².